The monoisotopic (exact) mass is 296 g/mol. The number of benzene rings is 1. The minimum Gasteiger partial charge on any atom is -0.490 e. The first-order chi connectivity index (χ1) is 8.19. The van der Waals surface area contributed by atoms with E-state index < -0.39 is 0 Å². The third-order valence-corrected chi connectivity index (χ3v) is 4.25. The highest BCUT2D eigenvalue weighted by atomic mass is 79.9. The molecule has 2 rings (SSSR count). The lowest BCUT2D eigenvalue weighted by Gasteiger charge is -2.29. The summed E-state index contributed by atoms with van der Waals surface area (Å²) in [6, 6.07) is 6.27. The molecular formula is C15H21BrO. The molecule has 1 aromatic carbocycles. The zero-order chi connectivity index (χ0) is 12.3. The van der Waals surface area contributed by atoms with E-state index in [0.717, 1.165) is 16.1 Å². The summed E-state index contributed by atoms with van der Waals surface area (Å²) in [6.07, 6.45) is 6.84. The van der Waals surface area contributed by atoms with Gasteiger partial charge >= 0.3 is 0 Å². The summed E-state index contributed by atoms with van der Waals surface area (Å²) in [4.78, 5) is 0. The highest BCUT2D eigenvalue weighted by Crippen LogP contribution is 2.31. The van der Waals surface area contributed by atoms with Crippen LogP contribution < -0.4 is 4.74 Å². The highest BCUT2D eigenvalue weighted by molar-refractivity contribution is 9.10. The summed E-state index contributed by atoms with van der Waals surface area (Å²) in [5.41, 5.74) is 1.23. The second-order valence-electron chi connectivity index (χ2n) is 5.09. The van der Waals surface area contributed by atoms with Crippen LogP contribution in [0, 0.1) is 12.8 Å². The quantitative estimate of drug-likeness (QED) is 0.753. The van der Waals surface area contributed by atoms with Crippen molar-refractivity contribution in [3.8, 4) is 5.75 Å². The Kier molecular flexibility index (Phi) is 4.49. The van der Waals surface area contributed by atoms with Crippen molar-refractivity contribution >= 4 is 15.9 Å². The fourth-order valence-electron chi connectivity index (χ4n) is 2.60. The number of rotatable bonds is 3. The van der Waals surface area contributed by atoms with Gasteiger partial charge in [-0.15, -0.1) is 0 Å². The first-order valence-electron chi connectivity index (χ1n) is 6.62. The predicted octanol–water partition coefficient (Wildman–Crippen LogP) is 5.11. The molecule has 0 amide bonds. The van der Waals surface area contributed by atoms with Crippen molar-refractivity contribution in [1.29, 1.82) is 0 Å². The van der Waals surface area contributed by atoms with Crippen molar-refractivity contribution in [3.05, 3.63) is 28.2 Å². The highest BCUT2D eigenvalue weighted by Gasteiger charge is 2.22. The van der Waals surface area contributed by atoms with E-state index in [0.29, 0.717) is 6.10 Å². The smallest absolute Gasteiger partial charge is 0.123 e. The minimum absolute atomic E-state index is 0.418. The van der Waals surface area contributed by atoms with Gasteiger partial charge in [0.2, 0.25) is 0 Å². The van der Waals surface area contributed by atoms with Crippen LogP contribution in [0.5, 0.6) is 5.75 Å². The van der Waals surface area contributed by atoms with Crippen LogP contribution in [0.25, 0.3) is 0 Å². The molecule has 0 N–H and O–H groups in total. The molecule has 0 saturated heterocycles. The number of hydrogen-bond donors (Lipinski definition) is 0. The molecule has 1 aliphatic rings. The Hall–Kier alpha value is -0.500. The molecule has 0 aliphatic heterocycles. The van der Waals surface area contributed by atoms with Crippen LogP contribution in [0.3, 0.4) is 0 Å². The Morgan fingerprint density at radius 1 is 1.35 bits per heavy atom. The Balaban J connectivity index is 2.02. The predicted molar refractivity (Wildman–Crippen MR) is 75.5 cm³/mol. The van der Waals surface area contributed by atoms with Gasteiger partial charge in [-0.3, -0.25) is 0 Å². The minimum atomic E-state index is 0.418. The van der Waals surface area contributed by atoms with Crippen molar-refractivity contribution in [2.45, 2.75) is 52.1 Å². The van der Waals surface area contributed by atoms with Crippen molar-refractivity contribution in [3.63, 3.8) is 0 Å². The summed E-state index contributed by atoms with van der Waals surface area (Å²) in [7, 11) is 0. The second-order valence-corrected chi connectivity index (χ2v) is 6.01. The van der Waals surface area contributed by atoms with Gasteiger partial charge in [0, 0.05) is 4.47 Å². The third kappa shape index (κ3) is 3.48. The standard InChI is InChI=1S/C15H21BrO/c1-3-12-5-4-6-14(9-12)17-15-10-13(16)8-7-11(15)2/h7-8,10,12,14H,3-6,9H2,1-2H3. The van der Waals surface area contributed by atoms with Crippen LogP contribution >= 0.6 is 15.9 Å². The van der Waals surface area contributed by atoms with Crippen molar-refractivity contribution in [1.82, 2.24) is 0 Å². The lowest BCUT2D eigenvalue weighted by atomic mass is 9.85. The molecular weight excluding hydrogens is 276 g/mol. The lowest BCUT2D eigenvalue weighted by molar-refractivity contribution is 0.121. The normalized spacial score (nSPS) is 24.6. The molecule has 1 nitrogen and oxygen atoms in total. The first kappa shape index (κ1) is 12.9. The molecule has 2 atom stereocenters. The summed E-state index contributed by atoms with van der Waals surface area (Å²) < 4.78 is 7.27. The molecule has 1 saturated carbocycles. The van der Waals surface area contributed by atoms with Gasteiger partial charge in [0.1, 0.15) is 5.75 Å². The van der Waals surface area contributed by atoms with Crippen LogP contribution in [-0.4, -0.2) is 6.10 Å². The molecule has 0 aromatic heterocycles. The zero-order valence-electron chi connectivity index (χ0n) is 10.7. The maximum atomic E-state index is 6.17. The SMILES string of the molecule is CCC1CCCC(Oc2cc(Br)ccc2C)C1. The summed E-state index contributed by atoms with van der Waals surface area (Å²) >= 11 is 3.51. The van der Waals surface area contributed by atoms with Gasteiger partial charge in [0.05, 0.1) is 6.10 Å². The van der Waals surface area contributed by atoms with Crippen LogP contribution in [-0.2, 0) is 0 Å². The van der Waals surface area contributed by atoms with Gasteiger partial charge in [-0.2, -0.15) is 0 Å². The molecule has 1 fully saturated rings. The van der Waals surface area contributed by atoms with Gasteiger partial charge < -0.3 is 4.74 Å². The molecule has 2 unspecified atom stereocenters. The summed E-state index contributed by atoms with van der Waals surface area (Å²) in [5, 5.41) is 0. The van der Waals surface area contributed by atoms with E-state index in [1.807, 2.05) is 0 Å². The largest absolute Gasteiger partial charge is 0.490 e. The Labute approximate surface area is 113 Å². The van der Waals surface area contributed by atoms with Crippen LogP contribution in [0.2, 0.25) is 0 Å². The van der Waals surface area contributed by atoms with E-state index in [1.54, 1.807) is 0 Å². The molecule has 0 bridgehead atoms. The lowest BCUT2D eigenvalue weighted by Crippen LogP contribution is -2.25. The van der Waals surface area contributed by atoms with Gasteiger partial charge in [-0.05, 0) is 49.8 Å². The van der Waals surface area contributed by atoms with E-state index >= 15 is 0 Å². The van der Waals surface area contributed by atoms with Crippen molar-refractivity contribution < 1.29 is 4.74 Å². The molecule has 0 radical (unpaired) electrons. The van der Waals surface area contributed by atoms with E-state index in [9.17, 15) is 0 Å². The molecule has 2 heteroatoms. The van der Waals surface area contributed by atoms with Gasteiger partial charge in [-0.1, -0.05) is 41.8 Å². The Morgan fingerprint density at radius 3 is 2.94 bits per heavy atom. The number of hydrogen-bond acceptors (Lipinski definition) is 1. The van der Waals surface area contributed by atoms with E-state index in [4.69, 9.17) is 4.74 Å². The topological polar surface area (TPSA) is 9.23 Å². The molecule has 17 heavy (non-hydrogen) atoms. The molecule has 1 aromatic rings. The van der Waals surface area contributed by atoms with Crippen molar-refractivity contribution in [2.75, 3.05) is 0 Å². The van der Waals surface area contributed by atoms with Crippen molar-refractivity contribution in [2.24, 2.45) is 5.92 Å². The Bertz CT molecular complexity index is 375. The molecule has 0 heterocycles. The second kappa shape index (κ2) is 5.90. The molecule has 94 valence electrons. The van der Waals surface area contributed by atoms with Gasteiger partial charge in [0.25, 0.3) is 0 Å². The van der Waals surface area contributed by atoms with Crippen LogP contribution in [0.4, 0.5) is 0 Å². The molecule has 1 aliphatic carbocycles. The first-order valence-corrected chi connectivity index (χ1v) is 7.41. The van der Waals surface area contributed by atoms with Crippen LogP contribution in [0.1, 0.15) is 44.6 Å². The van der Waals surface area contributed by atoms with Gasteiger partial charge in [0.15, 0.2) is 0 Å². The van der Waals surface area contributed by atoms with Crippen LogP contribution in [0.15, 0.2) is 22.7 Å². The van der Waals surface area contributed by atoms with E-state index in [1.165, 1.54) is 37.7 Å². The maximum Gasteiger partial charge on any atom is 0.123 e. The average molecular weight is 297 g/mol. The fourth-order valence-corrected chi connectivity index (χ4v) is 2.94. The number of ether oxygens (including phenoxy) is 1. The maximum absolute atomic E-state index is 6.17. The van der Waals surface area contributed by atoms with E-state index in [-0.39, 0.29) is 0 Å². The van der Waals surface area contributed by atoms with E-state index in [2.05, 4.69) is 48.0 Å². The fraction of sp³-hybridized carbons (Fsp3) is 0.600. The number of halogens is 1. The average Bonchev–Trinajstić information content (AvgIpc) is 2.34. The Morgan fingerprint density at radius 2 is 2.18 bits per heavy atom. The zero-order valence-corrected chi connectivity index (χ0v) is 12.3. The third-order valence-electron chi connectivity index (χ3n) is 3.76. The summed E-state index contributed by atoms with van der Waals surface area (Å²) in [6.45, 7) is 4.40. The van der Waals surface area contributed by atoms with Gasteiger partial charge in [-0.25, -0.2) is 0 Å². The molecule has 0 spiro atoms. The summed E-state index contributed by atoms with van der Waals surface area (Å²) in [5.74, 6) is 1.90. The number of aryl methyl sites for hydroxylation is 1.